The summed E-state index contributed by atoms with van der Waals surface area (Å²) in [7, 11) is 0. The van der Waals surface area contributed by atoms with E-state index in [-0.39, 0.29) is 24.2 Å². The lowest BCUT2D eigenvalue weighted by atomic mass is 9.77. The molecular weight excluding hydrogens is 445 g/mol. The van der Waals surface area contributed by atoms with E-state index in [2.05, 4.69) is 5.32 Å². The van der Waals surface area contributed by atoms with Crippen molar-refractivity contribution >= 4 is 17.5 Å². The van der Waals surface area contributed by atoms with Gasteiger partial charge in [0, 0.05) is 43.7 Å². The molecule has 35 heavy (non-hydrogen) atoms. The number of halogens is 1. The third-order valence-electron chi connectivity index (χ3n) is 7.10. The Morgan fingerprint density at radius 1 is 0.914 bits per heavy atom. The fourth-order valence-corrected chi connectivity index (χ4v) is 5.04. The number of hydrogen-bond donors (Lipinski definition) is 1. The summed E-state index contributed by atoms with van der Waals surface area (Å²) in [5.74, 6) is 0.407. The maximum Gasteiger partial charge on any atom is 0.241 e. The highest BCUT2D eigenvalue weighted by Crippen LogP contribution is 2.36. The van der Waals surface area contributed by atoms with Crippen LogP contribution in [0.4, 0.5) is 10.1 Å². The molecule has 0 radical (unpaired) electrons. The third kappa shape index (κ3) is 6.96. The zero-order chi connectivity index (χ0) is 24.7. The molecule has 4 rings (SSSR count). The molecule has 2 aromatic rings. The van der Waals surface area contributed by atoms with Gasteiger partial charge in [-0.05, 0) is 75.4 Å². The molecule has 2 aromatic carbocycles. The molecule has 1 N–H and O–H groups in total. The number of benzene rings is 2. The summed E-state index contributed by atoms with van der Waals surface area (Å²) in [6.07, 6.45) is 5.22. The Balaban J connectivity index is 1.43. The van der Waals surface area contributed by atoms with Crippen LogP contribution in [0.25, 0.3) is 0 Å². The number of likely N-dealkylation sites (tertiary alicyclic amines) is 2. The van der Waals surface area contributed by atoms with Crippen molar-refractivity contribution < 1.29 is 18.7 Å². The third-order valence-corrected chi connectivity index (χ3v) is 7.10. The minimum atomic E-state index is -0.472. The second-order valence-electron chi connectivity index (χ2n) is 10.00. The number of carbonyl (C=O) groups is 2. The first-order chi connectivity index (χ1) is 16.9. The maximum atomic E-state index is 13.3. The monoisotopic (exact) mass is 481 g/mol. The minimum absolute atomic E-state index is 0.0156. The Labute approximate surface area is 207 Å². The number of anilines is 1. The van der Waals surface area contributed by atoms with E-state index in [1.54, 1.807) is 12.1 Å². The Kier molecular flexibility index (Phi) is 8.26. The molecule has 188 valence electrons. The average Bonchev–Trinajstić information content (AvgIpc) is 2.88. The number of piperidine rings is 2. The van der Waals surface area contributed by atoms with Gasteiger partial charge in [-0.1, -0.05) is 17.7 Å². The number of amides is 2. The van der Waals surface area contributed by atoms with Crippen LogP contribution in [0.1, 0.15) is 44.1 Å². The molecule has 2 heterocycles. The van der Waals surface area contributed by atoms with Gasteiger partial charge in [-0.3, -0.25) is 9.59 Å². The van der Waals surface area contributed by atoms with Gasteiger partial charge in [0.2, 0.25) is 11.8 Å². The Morgan fingerprint density at radius 2 is 1.60 bits per heavy atom. The lowest BCUT2D eigenvalue weighted by molar-refractivity contribution is -0.141. The average molecular weight is 482 g/mol. The van der Waals surface area contributed by atoms with Gasteiger partial charge < -0.3 is 19.9 Å². The van der Waals surface area contributed by atoms with Crippen LogP contribution < -0.4 is 10.1 Å². The lowest BCUT2D eigenvalue weighted by Crippen LogP contribution is -2.52. The van der Waals surface area contributed by atoms with Gasteiger partial charge in [0.15, 0.2) is 0 Å². The van der Waals surface area contributed by atoms with Gasteiger partial charge in [-0.2, -0.15) is 0 Å². The molecule has 7 heteroatoms. The lowest BCUT2D eigenvalue weighted by Gasteiger charge is -2.43. The van der Waals surface area contributed by atoms with Crippen molar-refractivity contribution in [2.45, 2.75) is 45.4 Å². The summed E-state index contributed by atoms with van der Waals surface area (Å²) in [4.78, 5) is 30.2. The molecule has 1 atom stereocenters. The van der Waals surface area contributed by atoms with E-state index in [0.29, 0.717) is 31.9 Å². The van der Waals surface area contributed by atoms with E-state index >= 15 is 0 Å². The highest BCUT2D eigenvalue weighted by molar-refractivity contribution is 5.81. The summed E-state index contributed by atoms with van der Waals surface area (Å²) in [5.41, 5.74) is 1.61. The zero-order valence-corrected chi connectivity index (χ0v) is 20.6. The van der Waals surface area contributed by atoms with Gasteiger partial charge in [0.1, 0.15) is 11.6 Å². The SMILES string of the molecule is Cc1ccc(NCC(=O)N2CCCC(COc3ccc(F)cc3)(CC(=O)N3CCCCC3)C2)cc1. The van der Waals surface area contributed by atoms with Crippen molar-refractivity contribution in [3.8, 4) is 5.75 Å². The van der Waals surface area contributed by atoms with Gasteiger partial charge >= 0.3 is 0 Å². The van der Waals surface area contributed by atoms with E-state index in [9.17, 15) is 14.0 Å². The number of aryl methyl sites for hydroxylation is 1. The number of nitrogens with zero attached hydrogens (tertiary/aromatic N) is 2. The highest BCUT2D eigenvalue weighted by atomic mass is 19.1. The summed E-state index contributed by atoms with van der Waals surface area (Å²) >= 11 is 0. The highest BCUT2D eigenvalue weighted by Gasteiger charge is 2.41. The Morgan fingerprint density at radius 3 is 2.31 bits per heavy atom. The fourth-order valence-electron chi connectivity index (χ4n) is 5.04. The van der Waals surface area contributed by atoms with Crippen molar-refractivity contribution in [1.29, 1.82) is 0 Å². The maximum absolute atomic E-state index is 13.3. The Hall–Kier alpha value is -3.09. The number of nitrogens with one attached hydrogen (secondary N) is 1. The largest absolute Gasteiger partial charge is 0.493 e. The first-order valence-electron chi connectivity index (χ1n) is 12.7. The van der Waals surface area contributed by atoms with E-state index in [1.165, 1.54) is 24.1 Å². The Bertz CT molecular complexity index is 990. The van der Waals surface area contributed by atoms with E-state index < -0.39 is 5.41 Å². The second kappa shape index (κ2) is 11.6. The molecule has 0 aliphatic carbocycles. The van der Waals surface area contributed by atoms with Gasteiger partial charge in [-0.15, -0.1) is 0 Å². The normalized spacial score (nSPS) is 20.4. The number of hydrogen-bond acceptors (Lipinski definition) is 4. The minimum Gasteiger partial charge on any atom is -0.493 e. The van der Waals surface area contributed by atoms with Gasteiger partial charge in [0.05, 0.1) is 13.2 Å². The van der Waals surface area contributed by atoms with E-state index in [0.717, 1.165) is 44.5 Å². The number of ether oxygens (including phenoxy) is 1. The number of carbonyl (C=O) groups excluding carboxylic acids is 2. The number of rotatable bonds is 8. The molecular formula is C28H36FN3O3. The summed E-state index contributed by atoms with van der Waals surface area (Å²) in [5, 5.41) is 3.22. The van der Waals surface area contributed by atoms with Crippen molar-refractivity contribution in [3.05, 3.63) is 59.9 Å². The molecule has 0 spiro atoms. The van der Waals surface area contributed by atoms with Crippen LogP contribution >= 0.6 is 0 Å². The van der Waals surface area contributed by atoms with Crippen LogP contribution in [-0.4, -0.2) is 60.9 Å². The summed E-state index contributed by atoms with van der Waals surface area (Å²) in [6, 6.07) is 13.9. The van der Waals surface area contributed by atoms with Crippen LogP contribution in [-0.2, 0) is 9.59 Å². The molecule has 2 aliphatic heterocycles. The topological polar surface area (TPSA) is 61.9 Å². The zero-order valence-electron chi connectivity index (χ0n) is 20.6. The van der Waals surface area contributed by atoms with Crippen molar-refractivity contribution in [1.82, 2.24) is 9.80 Å². The first kappa shape index (κ1) is 25.0. The van der Waals surface area contributed by atoms with Crippen LogP contribution in [0.15, 0.2) is 48.5 Å². The molecule has 2 aliphatic rings. The molecule has 2 saturated heterocycles. The summed E-state index contributed by atoms with van der Waals surface area (Å²) < 4.78 is 19.4. The molecule has 0 saturated carbocycles. The first-order valence-corrected chi connectivity index (χ1v) is 12.7. The molecule has 0 aromatic heterocycles. The standard InChI is InChI=1S/C28H36FN3O3/c1-22-6-10-24(11-7-22)30-19-27(34)32-17-5-14-28(20-32,18-26(33)31-15-3-2-4-16-31)21-35-25-12-8-23(29)9-13-25/h6-13,30H,2-5,14-21H2,1H3. The van der Waals surface area contributed by atoms with Gasteiger partial charge in [0.25, 0.3) is 0 Å². The summed E-state index contributed by atoms with van der Waals surface area (Å²) in [6.45, 7) is 5.30. The smallest absolute Gasteiger partial charge is 0.241 e. The van der Waals surface area contributed by atoms with E-state index in [4.69, 9.17) is 4.74 Å². The van der Waals surface area contributed by atoms with Crippen LogP contribution in [0.2, 0.25) is 0 Å². The molecule has 1 unspecified atom stereocenters. The second-order valence-corrected chi connectivity index (χ2v) is 10.00. The molecule has 6 nitrogen and oxygen atoms in total. The fraction of sp³-hybridized carbons (Fsp3) is 0.500. The van der Waals surface area contributed by atoms with Crippen LogP contribution in [0, 0.1) is 18.2 Å². The van der Waals surface area contributed by atoms with Crippen molar-refractivity contribution in [3.63, 3.8) is 0 Å². The predicted octanol–water partition coefficient (Wildman–Crippen LogP) is 4.64. The molecule has 0 bridgehead atoms. The quantitative estimate of drug-likeness (QED) is 0.597. The van der Waals surface area contributed by atoms with E-state index in [1.807, 2.05) is 41.0 Å². The van der Waals surface area contributed by atoms with Crippen molar-refractivity contribution in [2.24, 2.45) is 5.41 Å². The van der Waals surface area contributed by atoms with Gasteiger partial charge in [-0.25, -0.2) is 4.39 Å². The van der Waals surface area contributed by atoms with Crippen LogP contribution in [0.5, 0.6) is 5.75 Å². The predicted molar refractivity (Wildman–Crippen MR) is 135 cm³/mol. The van der Waals surface area contributed by atoms with Crippen molar-refractivity contribution in [2.75, 3.05) is 44.6 Å². The molecule has 2 fully saturated rings. The molecule has 2 amide bonds. The van der Waals surface area contributed by atoms with Crippen LogP contribution in [0.3, 0.4) is 0 Å².